The second-order valence-electron chi connectivity index (χ2n) is 4.78. The van der Waals surface area contributed by atoms with Crippen molar-refractivity contribution in [3.05, 3.63) is 53.6 Å². The van der Waals surface area contributed by atoms with Crippen LogP contribution in [0.2, 0.25) is 0 Å². The van der Waals surface area contributed by atoms with Crippen molar-refractivity contribution in [1.29, 1.82) is 5.26 Å². The number of amides is 1. The van der Waals surface area contributed by atoms with Crippen LogP contribution in [0.25, 0.3) is 0 Å². The van der Waals surface area contributed by atoms with E-state index in [9.17, 15) is 14.0 Å². The highest BCUT2D eigenvalue weighted by Crippen LogP contribution is 2.19. The van der Waals surface area contributed by atoms with Gasteiger partial charge in [-0.15, -0.1) is 0 Å². The van der Waals surface area contributed by atoms with Crippen LogP contribution in [0.15, 0.2) is 36.5 Å². The Morgan fingerprint density at radius 2 is 2.13 bits per heavy atom. The summed E-state index contributed by atoms with van der Waals surface area (Å²) in [5, 5.41) is 8.92. The molecule has 0 aliphatic carbocycles. The lowest BCUT2D eigenvalue weighted by molar-refractivity contribution is -0.138. The number of rotatable bonds is 4. The number of halogens is 1. The molecule has 1 aromatic heterocycles. The smallest absolute Gasteiger partial charge is 0.325 e. The molecule has 2 aromatic rings. The summed E-state index contributed by atoms with van der Waals surface area (Å²) < 4.78 is 19.5. The molecule has 0 saturated carbocycles. The quantitative estimate of drug-likeness (QED) is 0.807. The Hall–Kier alpha value is -3.14. The molecule has 2 rings (SSSR count). The van der Waals surface area contributed by atoms with E-state index >= 15 is 0 Å². The molecule has 0 fully saturated rings. The van der Waals surface area contributed by atoms with E-state index < -0.39 is 17.7 Å². The summed E-state index contributed by atoms with van der Waals surface area (Å²) in [5.74, 6) is -1.71. The topological polar surface area (TPSA) is 75.3 Å². The number of hydrogen-bond acceptors (Lipinski definition) is 4. The van der Waals surface area contributed by atoms with E-state index in [1.807, 2.05) is 6.07 Å². The maximum Gasteiger partial charge on any atom is 0.325 e. The number of benzene rings is 1. The van der Waals surface area contributed by atoms with Crippen LogP contribution in [0.1, 0.15) is 16.1 Å². The molecule has 0 spiro atoms. The lowest BCUT2D eigenvalue weighted by atomic mass is 10.2. The van der Waals surface area contributed by atoms with Crippen LogP contribution in [0, 0.1) is 17.1 Å². The Bertz CT molecular complexity index is 792. The molecular weight excluding hydrogens is 301 g/mol. The minimum absolute atomic E-state index is 0.203. The van der Waals surface area contributed by atoms with Gasteiger partial charge in [-0.3, -0.25) is 14.5 Å². The van der Waals surface area contributed by atoms with Crippen molar-refractivity contribution in [2.75, 3.05) is 18.6 Å². The SMILES string of the molecule is COC(=O)CN(C(=O)c1cc(C#N)cn1C)c1cccc(F)c1. The van der Waals surface area contributed by atoms with Gasteiger partial charge in [0.15, 0.2) is 0 Å². The molecule has 0 N–H and O–H groups in total. The lowest BCUT2D eigenvalue weighted by Gasteiger charge is -2.21. The molecule has 118 valence electrons. The first-order valence-corrected chi connectivity index (χ1v) is 6.67. The Morgan fingerprint density at radius 3 is 2.70 bits per heavy atom. The van der Waals surface area contributed by atoms with E-state index in [-0.39, 0.29) is 17.9 Å². The fourth-order valence-electron chi connectivity index (χ4n) is 2.09. The molecule has 0 aliphatic rings. The minimum Gasteiger partial charge on any atom is -0.468 e. The van der Waals surface area contributed by atoms with Gasteiger partial charge < -0.3 is 9.30 Å². The van der Waals surface area contributed by atoms with Crippen LogP contribution in [0.3, 0.4) is 0 Å². The fraction of sp³-hybridized carbons (Fsp3) is 0.188. The molecule has 0 saturated heterocycles. The molecule has 0 radical (unpaired) electrons. The molecule has 0 atom stereocenters. The van der Waals surface area contributed by atoms with E-state index in [1.165, 1.54) is 42.1 Å². The third kappa shape index (κ3) is 3.55. The lowest BCUT2D eigenvalue weighted by Crippen LogP contribution is -2.37. The van der Waals surface area contributed by atoms with Crippen molar-refractivity contribution in [1.82, 2.24) is 4.57 Å². The number of methoxy groups -OCH3 is 1. The van der Waals surface area contributed by atoms with E-state index in [1.54, 1.807) is 7.05 Å². The molecule has 1 amide bonds. The van der Waals surface area contributed by atoms with Gasteiger partial charge in [0.05, 0.1) is 12.7 Å². The molecule has 0 bridgehead atoms. The summed E-state index contributed by atoms with van der Waals surface area (Å²) >= 11 is 0. The number of carbonyl (C=O) groups is 2. The summed E-state index contributed by atoms with van der Waals surface area (Å²) in [4.78, 5) is 25.4. The molecule has 7 heteroatoms. The molecule has 0 aliphatic heterocycles. The highest BCUT2D eigenvalue weighted by atomic mass is 19.1. The zero-order chi connectivity index (χ0) is 17.0. The van der Waals surface area contributed by atoms with Gasteiger partial charge >= 0.3 is 5.97 Å². The van der Waals surface area contributed by atoms with Gasteiger partial charge in [0.25, 0.3) is 5.91 Å². The number of carbonyl (C=O) groups excluding carboxylic acids is 2. The van der Waals surface area contributed by atoms with Crippen molar-refractivity contribution >= 4 is 17.6 Å². The van der Waals surface area contributed by atoms with Gasteiger partial charge in [-0.25, -0.2) is 4.39 Å². The number of nitriles is 1. The highest BCUT2D eigenvalue weighted by molar-refractivity contribution is 6.07. The first-order valence-electron chi connectivity index (χ1n) is 6.67. The number of nitrogens with zero attached hydrogens (tertiary/aromatic N) is 3. The van der Waals surface area contributed by atoms with Crippen molar-refractivity contribution in [2.24, 2.45) is 7.05 Å². The maximum absolute atomic E-state index is 13.4. The van der Waals surface area contributed by atoms with Crippen LogP contribution < -0.4 is 4.90 Å². The normalized spacial score (nSPS) is 10.0. The summed E-state index contributed by atoms with van der Waals surface area (Å²) in [6.45, 7) is -0.369. The first kappa shape index (κ1) is 16.2. The summed E-state index contributed by atoms with van der Waals surface area (Å²) in [5.41, 5.74) is 0.739. The maximum atomic E-state index is 13.4. The second kappa shape index (κ2) is 6.75. The third-order valence-corrected chi connectivity index (χ3v) is 3.23. The largest absolute Gasteiger partial charge is 0.468 e. The van der Waals surface area contributed by atoms with Crippen LogP contribution in [0.5, 0.6) is 0 Å². The van der Waals surface area contributed by atoms with E-state index in [2.05, 4.69) is 4.74 Å². The average Bonchev–Trinajstić information content (AvgIpc) is 2.92. The fourth-order valence-corrected chi connectivity index (χ4v) is 2.09. The van der Waals surface area contributed by atoms with Crippen molar-refractivity contribution < 1.29 is 18.7 Å². The van der Waals surface area contributed by atoms with Gasteiger partial charge in [0.2, 0.25) is 0 Å². The Kier molecular flexibility index (Phi) is 4.76. The molecule has 1 aromatic carbocycles. The zero-order valence-corrected chi connectivity index (χ0v) is 12.6. The van der Waals surface area contributed by atoms with E-state index in [4.69, 9.17) is 5.26 Å². The number of esters is 1. The number of hydrogen-bond donors (Lipinski definition) is 0. The summed E-state index contributed by atoms with van der Waals surface area (Å²) in [6.07, 6.45) is 1.50. The predicted molar refractivity (Wildman–Crippen MR) is 80.2 cm³/mol. The number of aryl methyl sites for hydroxylation is 1. The van der Waals surface area contributed by atoms with Crippen molar-refractivity contribution in [3.8, 4) is 6.07 Å². The molecule has 6 nitrogen and oxygen atoms in total. The Labute approximate surface area is 132 Å². The van der Waals surface area contributed by atoms with Crippen LogP contribution in [0.4, 0.5) is 10.1 Å². The van der Waals surface area contributed by atoms with Crippen LogP contribution in [-0.2, 0) is 16.6 Å². The number of aromatic nitrogens is 1. The van der Waals surface area contributed by atoms with Crippen molar-refractivity contribution in [3.63, 3.8) is 0 Å². The van der Waals surface area contributed by atoms with Gasteiger partial charge in [-0.05, 0) is 24.3 Å². The Balaban J connectivity index is 2.44. The van der Waals surface area contributed by atoms with E-state index in [0.717, 1.165) is 11.0 Å². The number of ether oxygens (including phenoxy) is 1. The standard InChI is InChI=1S/C16H14FN3O3/c1-19-9-11(8-18)6-14(19)16(22)20(10-15(21)23-2)13-5-3-4-12(17)7-13/h3-7,9H,10H2,1-2H3. The Morgan fingerprint density at radius 1 is 1.39 bits per heavy atom. The third-order valence-electron chi connectivity index (χ3n) is 3.23. The highest BCUT2D eigenvalue weighted by Gasteiger charge is 2.24. The molecule has 1 heterocycles. The van der Waals surface area contributed by atoms with Crippen LogP contribution in [-0.4, -0.2) is 30.1 Å². The second-order valence-corrected chi connectivity index (χ2v) is 4.78. The van der Waals surface area contributed by atoms with Crippen LogP contribution >= 0.6 is 0 Å². The van der Waals surface area contributed by atoms with Gasteiger partial charge in [0.1, 0.15) is 24.1 Å². The summed E-state index contributed by atoms with van der Waals surface area (Å²) in [7, 11) is 2.81. The van der Waals surface area contributed by atoms with Gasteiger partial charge in [-0.2, -0.15) is 5.26 Å². The first-order chi connectivity index (χ1) is 11.0. The van der Waals surface area contributed by atoms with Crippen molar-refractivity contribution in [2.45, 2.75) is 0 Å². The van der Waals surface area contributed by atoms with E-state index in [0.29, 0.717) is 5.56 Å². The minimum atomic E-state index is -0.641. The van der Waals surface area contributed by atoms with Gasteiger partial charge in [-0.1, -0.05) is 6.07 Å². The zero-order valence-electron chi connectivity index (χ0n) is 12.6. The summed E-state index contributed by atoms with van der Waals surface area (Å²) in [6, 6.07) is 8.68. The molecule has 0 unspecified atom stereocenters. The molecule has 23 heavy (non-hydrogen) atoms. The number of anilines is 1. The monoisotopic (exact) mass is 315 g/mol. The van der Waals surface area contributed by atoms with Gasteiger partial charge in [0, 0.05) is 18.9 Å². The molecular formula is C16H14FN3O3. The predicted octanol–water partition coefficient (Wildman–Crippen LogP) is 1.86. The average molecular weight is 315 g/mol.